The number of rotatable bonds is 12. The SMILES string of the molecule is CC(C)(O)C(C)(C)O[B]c1cc([B]OC(C)(C)C(C)(C)O)c(Nc2ccccc2)cc1Nc1ccccc1. The van der Waals surface area contributed by atoms with Crippen LogP contribution in [0.3, 0.4) is 0 Å². The van der Waals surface area contributed by atoms with E-state index in [0.717, 1.165) is 33.7 Å². The summed E-state index contributed by atoms with van der Waals surface area (Å²) >= 11 is 0. The van der Waals surface area contributed by atoms with Crippen molar-refractivity contribution in [3.63, 3.8) is 0 Å². The van der Waals surface area contributed by atoms with E-state index in [1.54, 1.807) is 42.7 Å². The maximum atomic E-state index is 10.6. The van der Waals surface area contributed by atoms with Crippen molar-refractivity contribution in [1.82, 2.24) is 0 Å². The van der Waals surface area contributed by atoms with Gasteiger partial charge >= 0.3 is 15.0 Å². The standard InChI is InChI=1S/C30H40B2N2O4/c1-27(2,35)29(5,6)37-31-23-19-24(32-38-30(7,8)28(3,4)36)26(34-22-17-13-10-14-18-22)20-25(23)33-21-15-11-9-12-16-21/h9-20,33-36H,1-8H3. The molecule has 0 fully saturated rings. The second-order valence-corrected chi connectivity index (χ2v) is 11.6. The summed E-state index contributed by atoms with van der Waals surface area (Å²) in [4.78, 5) is 0. The minimum Gasteiger partial charge on any atom is -0.427 e. The zero-order valence-electron chi connectivity index (χ0n) is 23.8. The Hall–Kier alpha value is -2.77. The minimum absolute atomic E-state index is 0.765. The number of hydrogen-bond donors (Lipinski definition) is 4. The lowest BCUT2D eigenvalue weighted by Gasteiger charge is -2.38. The topological polar surface area (TPSA) is 83.0 Å². The fourth-order valence-corrected chi connectivity index (χ4v) is 3.11. The van der Waals surface area contributed by atoms with E-state index in [1.807, 2.05) is 100 Å². The van der Waals surface area contributed by atoms with E-state index in [2.05, 4.69) is 10.6 Å². The molecule has 0 amide bonds. The van der Waals surface area contributed by atoms with E-state index in [9.17, 15) is 10.2 Å². The van der Waals surface area contributed by atoms with Gasteiger partial charge in [0.25, 0.3) is 0 Å². The Morgan fingerprint density at radius 1 is 0.553 bits per heavy atom. The molecule has 0 unspecified atom stereocenters. The molecular formula is C30H40B2N2O4. The smallest absolute Gasteiger partial charge is 0.333 e. The first kappa shape index (κ1) is 29.8. The molecule has 0 aliphatic heterocycles. The zero-order chi connectivity index (χ0) is 28.2. The summed E-state index contributed by atoms with van der Waals surface area (Å²) in [5, 5.41) is 28.2. The number of benzene rings is 3. The van der Waals surface area contributed by atoms with Crippen LogP contribution < -0.4 is 21.6 Å². The van der Waals surface area contributed by atoms with Gasteiger partial charge in [-0.3, -0.25) is 0 Å². The van der Waals surface area contributed by atoms with Crippen LogP contribution in [0.25, 0.3) is 0 Å². The van der Waals surface area contributed by atoms with Gasteiger partial charge in [0.15, 0.2) is 0 Å². The summed E-state index contributed by atoms with van der Waals surface area (Å²) in [5.41, 5.74) is 1.15. The maximum absolute atomic E-state index is 10.6. The largest absolute Gasteiger partial charge is 0.427 e. The fraction of sp³-hybridized carbons (Fsp3) is 0.400. The molecule has 200 valence electrons. The van der Waals surface area contributed by atoms with Gasteiger partial charge in [-0.05, 0) is 96.6 Å². The van der Waals surface area contributed by atoms with Crippen molar-refractivity contribution in [2.75, 3.05) is 10.6 Å². The van der Waals surface area contributed by atoms with Gasteiger partial charge in [-0.15, -0.1) is 0 Å². The van der Waals surface area contributed by atoms with E-state index in [-0.39, 0.29) is 0 Å². The van der Waals surface area contributed by atoms with Crippen LogP contribution in [-0.4, -0.2) is 47.6 Å². The Kier molecular flexibility index (Phi) is 9.04. The van der Waals surface area contributed by atoms with E-state index >= 15 is 0 Å². The quantitative estimate of drug-likeness (QED) is 0.260. The van der Waals surface area contributed by atoms with Gasteiger partial charge in [0.2, 0.25) is 0 Å². The lowest BCUT2D eigenvalue weighted by molar-refractivity contribution is -0.0893. The first-order valence-corrected chi connectivity index (χ1v) is 12.9. The first-order chi connectivity index (χ1) is 17.6. The van der Waals surface area contributed by atoms with Crippen LogP contribution in [0, 0.1) is 0 Å². The van der Waals surface area contributed by atoms with Crippen LogP contribution in [0.2, 0.25) is 0 Å². The maximum Gasteiger partial charge on any atom is 0.333 e. The number of anilines is 4. The Bertz CT molecular complexity index is 1100. The van der Waals surface area contributed by atoms with Crippen molar-refractivity contribution in [1.29, 1.82) is 0 Å². The number of nitrogens with one attached hydrogen (secondary N) is 2. The van der Waals surface area contributed by atoms with Crippen LogP contribution in [0.15, 0.2) is 72.8 Å². The molecule has 0 aliphatic rings. The molecule has 0 heterocycles. The van der Waals surface area contributed by atoms with Crippen LogP contribution in [-0.2, 0) is 9.31 Å². The Morgan fingerprint density at radius 2 is 0.895 bits per heavy atom. The summed E-state index contributed by atoms with van der Waals surface area (Å²) in [5.74, 6) is 0. The van der Waals surface area contributed by atoms with Crippen molar-refractivity contribution in [3.05, 3.63) is 72.8 Å². The number of aliphatic hydroxyl groups is 2. The Morgan fingerprint density at radius 3 is 1.21 bits per heavy atom. The molecule has 0 bridgehead atoms. The van der Waals surface area contributed by atoms with Gasteiger partial charge in [-0.25, -0.2) is 0 Å². The average molecular weight is 514 g/mol. The van der Waals surface area contributed by atoms with E-state index in [1.165, 1.54) is 0 Å². The predicted octanol–water partition coefficient (Wildman–Crippen LogP) is 4.80. The lowest BCUT2D eigenvalue weighted by atomic mass is 9.75. The molecule has 0 aromatic heterocycles. The minimum atomic E-state index is -1.07. The molecule has 8 heteroatoms. The third-order valence-electron chi connectivity index (χ3n) is 7.24. The van der Waals surface area contributed by atoms with Crippen LogP contribution in [0.4, 0.5) is 22.7 Å². The van der Waals surface area contributed by atoms with E-state index in [4.69, 9.17) is 9.31 Å². The highest BCUT2D eigenvalue weighted by Crippen LogP contribution is 2.27. The molecule has 3 rings (SSSR count). The van der Waals surface area contributed by atoms with Gasteiger partial charge in [0.1, 0.15) is 0 Å². The molecule has 38 heavy (non-hydrogen) atoms. The highest BCUT2D eigenvalue weighted by atomic mass is 16.5. The van der Waals surface area contributed by atoms with Gasteiger partial charge in [-0.2, -0.15) is 0 Å². The molecule has 3 aromatic rings. The molecule has 6 nitrogen and oxygen atoms in total. The van der Waals surface area contributed by atoms with Gasteiger partial charge in [0, 0.05) is 22.7 Å². The molecule has 0 atom stereocenters. The van der Waals surface area contributed by atoms with Gasteiger partial charge < -0.3 is 30.2 Å². The average Bonchev–Trinajstić information content (AvgIpc) is 2.82. The second kappa shape index (κ2) is 11.5. The molecule has 2 radical (unpaired) electrons. The van der Waals surface area contributed by atoms with Crippen LogP contribution >= 0.6 is 0 Å². The molecule has 3 aromatic carbocycles. The summed E-state index contributed by atoms with van der Waals surface area (Å²) in [6.45, 7) is 14.3. The van der Waals surface area contributed by atoms with Crippen molar-refractivity contribution < 1.29 is 19.5 Å². The number of hydrogen-bond acceptors (Lipinski definition) is 6. The number of para-hydroxylation sites is 2. The second-order valence-electron chi connectivity index (χ2n) is 11.6. The van der Waals surface area contributed by atoms with Gasteiger partial charge in [0.05, 0.1) is 22.4 Å². The highest BCUT2D eigenvalue weighted by molar-refractivity contribution is 6.55. The molecule has 0 spiro atoms. The monoisotopic (exact) mass is 514 g/mol. The Labute approximate surface area is 229 Å². The molecule has 0 aliphatic carbocycles. The van der Waals surface area contributed by atoms with E-state index < -0.39 is 22.4 Å². The van der Waals surface area contributed by atoms with Crippen molar-refractivity contribution in [3.8, 4) is 0 Å². The van der Waals surface area contributed by atoms with Crippen molar-refractivity contribution >= 4 is 48.6 Å². The summed E-state index contributed by atoms with van der Waals surface area (Å²) in [6.07, 6.45) is 0. The van der Waals surface area contributed by atoms with Crippen LogP contribution in [0.5, 0.6) is 0 Å². The molecule has 4 N–H and O–H groups in total. The summed E-state index contributed by atoms with van der Waals surface area (Å²) < 4.78 is 12.3. The molecular weight excluding hydrogens is 474 g/mol. The zero-order valence-corrected chi connectivity index (χ0v) is 23.8. The molecule has 0 saturated heterocycles. The summed E-state index contributed by atoms with van der Waals surface area (Å²) in [7, 11) is 3.32. The molecule has 0 saturated carbocycles. The fourth-order valence-electron chi connectivity index (χ4n) is 3.11. The third-order valence-corrected chi connectivity index (χ3v) is 7.24. The van der Waals surface area contributed by atoms with E-state index in [0.29, 0.717) is 0 Å². The van der Waals surface area contributed by atoms with Crippen LogP contribution in [0.1, 0.15) is 55.4 Å². The first-order valence-electron chi connectivity index (χ1n) is 12.9. The van der Waals surface area contributed by atoms with Crippen molar-refractivity contribution in [2.24, 2.45) is 0 Å². The Balaban J connectivity index is 2.06. The highest BCUT2D eigenvalue weighted by Gasteiger charge is 2.37. The predicted molar refractivity (Wildman–Crippen MR) is 160 cm³/mol. The summed E-state index contributed by atoms with van der Waals surface area (Å²) in [6, 6.07) is 23.7. The lowest BCUT2D eigenvalue weighted by Crippen LogP contribution is -2.50. The third kappa shape index (κ3) is 7.64. The normalized spacial score (nSPS) is 12.7. The van der Waals surface area contributed by atoms with Crippen molar-refractivity contribution in [2.45, 2.75) is 77.8 Å². The van der Waals surface area contributed by atoms with Gasteiger partial charge in [-0.1, -0.05) is 42.5 Å².